The molecule has 0 aliphatic carbocycles. The fourth-order valence-electron chi connectivity index (χ4n) is 1.95. The molecule has 1 aromatic heterocycles. The zero-order valence-electron chi connectivity index (χ0n) is 11.7. The molecule has 1 heterocycles. The normalized spacial score (nSPS) is 10.8. The Morgan fingerprint density at radius 1 is 1.21 bits per heavy atom. The first kappa shape index (κ1) is 13.6. The Morgan fingerprint density at radius 2 is 2.00 bits per heavy atom. The number of nitrogens with two attached hydrogens (primary N) is 1. The van der Waals surface area contributed by atoms with Crippen LogP contribution in [0.2, 0.25) is 0 Å². The highest BCUT2D eigenvalue weighted by molar-refractivity contribution is 5.41. The van der Waals surface area contributed by atoms with E-state index in [0.29, 0.717) is 18.3 Å². The molecule has 0 fully saturated rings. The minimum absolute atomic E-state index is 0.410. The quantitative estimate of drug-likeness (QED) is 0.906. The van der Waals surface area contributed by atoms with Crippen LogP contribution in [0.4, 0.5) is 0 Å². The molecule has 0 aliphatic rings. The van der Waals surface area contributed by atoms with Crippen LogP contribution in [0.3, 0.4) is 0 Å². The minimum Gasteiger partial charge on any atom is -0.439 e. The first-order valence-electron chi connectivity index (χ1n) is 6.54. The average Bonchev–Trinajstić information content (AvgIpc) is 2.38. The van der Waals surface area contributed by atoms with E-state index in [2.05, 4.69) is 37.9 Å². The standard InChI is InChI=1S/C16H20N2O/c1-11(2)14-8-7-12(3)9-15(14)19-16-6-4-5-13(10-17)18-16/h4-9,11H,10,17H2,1-3H3. The maximum atomic E-state index is 5.93. The van der Waals surface area contributed by atoms with Crippen LogP contribution in [-0.4, -0.2) is 4.98 Å². The lowest BCUT2D eigenvalue weighted by molar-refractivity contribution is 0.452. The van der Waals surface area contributed by atoms with Gasteiger partial charge in [-0.3, -0.25) is 0 Å². The van der Waals surface area contributed by atoms with E-state index in [-0.39, 0.29) is 0 Å². The van der Waals surface area contributed by atoms with E-state index in [0.717, 1.165) is 11.4 Å². The lowest BCUT2D eigenvalue weighted by Crippen LogP contribution is -2.01. The van der Waals surface area contributed by atoms with Crippen molar-refractivity contribution < 1.29 is 4.74 Å². The van der Waals surface area contributed by atoms with Gasteiger partial charge < -0.3 is 10.5 Å². The van der Waals surface area contributed by atoms with Crippen molar-refractivity contribution in [3.05, 3.63) is 53.2 Å². The van der Waals surface area contributed by atoms with Gasteiger partial charge in [-0.15, -0.1) is 0 Å². The Balaban J connectivity index is 2.33. The van der Waals surface area contributed by atoms with Gasteiger partial charge in [-0.2, -0.15) is 0 Å². The highest BCUT2D eigenvalue weighted by atomic mass is 16.5. The van der Waals surface area contributed by atoms with Crippen molar-refractivity contribution in [2.75, 3.05) is 0 Å². The number of benzene rings is 1. The first-order valence-corrected chi connectivity index (χ1v) is 6.54. The summed E-state index contributed by atoms with van der Waals surface area (Å²) in [6, 6.07) is 11.9. The van der Waals surface area contributed by atoms with E-state index in [4.69, 9.17) is 10.5 Å². The van der Waals surface area contributed by atoms with Gasteiger partial charge in [-0.25, -0.2) is 4.98 Å². The summed E-state index contributed by atoms with van der Waals surface area (Å²) in [5.74, 6) is 1.88. The lowest BCUT2D eigenvalue weighted by atomic mass is 10.0. The second-order valence-electron chi connectivity index (χ2n) is 4.97. The van der Waals surface area contributed by atoms with E-state index in [9.17, 15) is 0 Å². The molecule has 0 atom stereocenters. The van der Waals surface area contributed by atoms with E-state index < -0.39 is 0 Å². The predicted octanol–water partition coefficient (Wildman–Crippen LogP) is 3.76. The van der Waals surface area contributed by atoms with Crippen molar-refractivity contribution >= 4 is 0 Å². The zero-order valence-corrected chi connectivity index (χ0v) is 11.7. The van der Waals surface area contributed by atoms with Crippen molar-refractivity contribution in [2.24, 2.45) is 5.73 Å². The fraction of sp³-hybridized carbons (Fsp3) is 0.312. The number of nitrogens with zero attached hydrogens (tertiary/aromatic N) is 1. The van der Waals surface area contributed by atoms with Gasteiger partial charge in [0.1, 0.15) is 5.75 Å². The van der Waals surface area contributed by atoms with Crippen LogP contribution in [0, 0.1) is 6.92 Å². The summed E-state index contributed by atoms with van der Waals surface area (Å²) in [6.45, 7) is 6.78. The molecule has 0 radical (unpaired) electrons. The molecule has 3 nitrogen and oxygen atoms in total. The van der Waals surface area contributed by atoms with Crippen molar-refractivity contribution in [1.29, 1.82) is 0 Å². The Hall–Kier alpha value is -1.87. The van der Waals surface area contributed by atoms with E-state index >= 15 is 0 Å². The summed E-state index contributed by atoms with van der Waals surface area (Å²) in [5.41, 5.74) is 8.79. The SMILES string of the molecule is Cc1ccc(C(C)C)c(Oc2cccc(CN)n2)c1. The molecule has 2 N–H and O–H groups in total. The number of rotatable bonds is 4. The van der Waals surface area contributed by atoms with Crippen molar-refractivity contribution in [2.45, 2.75) is 33.2 Å². The maximum Gasteiger partial charge on any atom is 0.219 e. The van der Waals surface area contributed by atoms with Crippen LogP contribution in [0.25, 0.3) is 0 Å². The van der Waals surface area contributed by atoms with Crippen LogP contribution < -0.4 is 10.5 Å². The number of aromatic nitrogens is 1. The van der Waals surface area contributed by atoms with E-state index in [1.54, 1.807) is 0 Å². The number of hydrogen-bond donors (Lipinski definition) is 1. The molecule has 19 heavy (non-hydrogen) atoms. The van der Waals surface area contributed by atoms with Crippen LogP contribution in [-0.2, 0) is 6.54 Å². The summed E-state index contributed by atoms with van der Waals surface area (Å²) >= 11 is 0. The minimum atomic E-state index is 0.410. The Labute approximate surface area is 114 Å². The van der Waals surface area contributed by atoms with Gasteiger partial charge >= 0.3 is 0 Å². The number of pyridine rings is 1. The van der Waals surface area contributed by atoms with E-state index in [1.165, 1.54) is 11.1 Å². The zero-order chi connectivity index (χ0) is 13.8. The summed E-state index contributed by atoms with van der Waals surface area (Å²) in [7, 11) is 0. The first-order chi connectivity index (χ1) is 9.10. The van der Waals surface area contributed by atoms with Crippen LogP contribution >= 0.6 is 0 Å². The average molecular weight is 256 g/mol. The highest BCUT2D eigenvalue weighted by Crippen LogP contribution is 2.30. The largest absolute Gasteiger partial charge is 0.439 e. The summed E-state index contributed by atoms with van der Waals surface area (Å²) in [5, 5.41) is 0. The Morgan fingerprint density at radius 3 is 2.68 bits per heavy atom. The Bertz CT molecular complexity index is 564. The summed E-state index contributed by atoms with van der Waals surface area (Å²) < 4.78 is 5.93. The molecule has 2 rings (SSSR count). The molecule has 100 valence electrons. The molecule has 0 amide bonds. The van der Waals surface area contributed by atoms with Crippen LogP contribution in [0.1, 0.15) is 36.6 Å². The topological polar surface area (TPSA) is 48.1 Å². The van der Waals surface area contributed by atoms with Crippen molar-refractivity contribution in [1.82, 2.24) is 4.98 Å². The third-order valence-electron chi connectivity index (χ3n) is 3.00. The van der Waals surface area contributed by atoms with Gasteiger partial charge in [0.25, 0.3) is 0 Å². The van der Waals surface area contributed by atoms with Gasteiger partial charge in [0.15, 0.2) is 0 Å². The molecule has 2 aromatic rings. The third kappa shape index (κ3) is 3.32. The molecule has 0 bridgehead atoms. The molecular formula is C16H20N2O. The molecule has 0 spiro atoms. The lowest BCUT2D eigenvalue weighted by Gasteiger charge is -2.14. The highest BCUT2D eigenvalue weighted by Gasteiger charge is 2.09. The van der Waals surface area contributed by atoms with E-state index in [1.807, 2.05) is 24.3 Å². The maximum absolute atomic E-state index is 5.93. The number of hydrogen-bond acceptors (Lipinski definition) is 3. The number of aryl methyl sites for hydroxylation is 1. The molecular weight excluding hydrogens is 236 g/mol. The van der Waals surface area contributed by atoms with Crippen molar-refractivity contribution in [3.63, 3.8) is 0 Å². The van der Waals surface area contributed by atoms with Gasteiger partial charge in [-0.05, 0) is 36.1 Å². The third-order valence-corrected chi connectivity index (χ3v) is 3.00. The molecule has 3 heteroatoms. The molecule has 0 saturated carbocycles. The molecule has 0 aliphatic heterocycles. The van der Waals surface area contributed by atoms with Gasteiger partial charge in [0, 0.05) is 12.6 Å². The molecule has 0 unspecified atom stereocenters. The van der Waals surface area contributed by atoms with Crippen molar-refractivity contribution in [3.8, 4) is 11.6 Å². The monoisotopic (exact) mass is 256 g/mol. The van der Waals surface area contributed by atoms with Gasteiger partial charge in [0.2, 0.25) is 5.88 Å². The van der Waals surface area contributed by atoms with Crippen LogP contribution in [0.5, 0.6) is 11.6 Å². The molecule has 0 saturated heterocycles. The smallest absolute Gasteiger partial charge is 0.219 e. The van der Waals surface area contributed by atoms with Gasteiger partial charge in [-0.1, -0.05) is 32.0 Å². The number of ether oxygens (including phenoxy) is 1. The predicted molar refractivity (Wildman–Crippen MR) is 77.5 cm³/mol. The molecule has 1 aromatic carbocycles. The van der Waals surface area contributed by atoms with Crippen LogP contribution in [0.15, 0.2) is 36.4 Å². The fourth-order valence-corrected chi connectivity index (χ4v) is 1.95. The summed E-state index contributed by atoms with van der Waals surface area (Å²) in [4.78, 5) is 4.37. The second kappa shape index (κ2) is 5.85. The van der Waals surface area contributed by atoms with Gasteiger partial charge in [0.05, 0.1) is 5.69 Å². The second-order valence-corrected chi connectivity index (χ2v) is 4.97. The summed E-state index contributed by atoms with van der Waals surface area (Å²) in [6.07, 6.45) is 0. The Kier molecular flexibility index (Phi) is 4.17.